The highest BCUT2D eigenvalue weighted by atomic mass is 16.6. The lowest BCUT2D eigenvalue weighted by Gasteiger charge is -2.02. The predicted octanol–water partition coefficient (Wildman–Crippen LogP) is 2.60. The van der Waals surface area contributed by atoms with Gasteiger partial charge in [0.2, 0.25) is 5.89 Å². The first-order valence-corrected chi connectivity index (χ1v) is 4.87. The fourth-order valence-electron chi connectivity index (χ4n) is 1.38. The van der Waals surface area contributed by atoms with Gasteiger partial charge in [0, 0.05) is 21.7 Å². The predicted molar refractivity (Wildman–Crippen MR) is 61.7 cm³/mol. The van der Waals surface area contributed by atoms with Crippen molar-refractivity contribution in [3.63, 3.8) is 0 Å². The standard InChI is InChI=1S/C9H6N6O4/c1-18-7-3-2-5(4-6(7)15(16)17)8-11-12-9(19-8)13-14-10/h2-4H,1H3. The van der Waals surface area contributed by atoms with Crippen LogP contribution >= 0.6 is 0 Å². The minimum Gasteiger partial charge on any atom is -0.490 e. The van der Waals surface area contributed by atoms with Crippen molar-refractivity contribution in [1.29, 1.82) is 0 Å². The van der Waals surface area contributed by atoms with Gasteiger partial charge in [0.15, 0.2) is 5.75 Å². The normalized spacial score (nSPS) is 9.74. The van der Waals surface area contributed by atoms with Crippen LogP contribution in [0.5, 0.6) is 5.75 Å². The first-order valence-electron chi connectivity index (χ1n) is 4.87. The molecule has 19 heavy (non-hydrogen) atoms. The lowest BCUT2D eigenvalue weighted by molar-refractivity contribution is -0.385. The maximum Gasteiger partial charge on any atom is 0.311 e. The molecule has 0 radical (unpaired) electrons. The number of hydrogen-bond acceptors (Lipinski definition) is 7. The van der Waals surface area contributed by atoms with Crippen LogP contribution < -0.4 is 4.74 Å². The monoisotopic (exact) mass is 262 g/mol. The third kappa shape index (κ3) is 2.42. The Morgan fingerprint density at radius 2 is 2.32 bits per heavy atom. The zero-order chi connectivity index (χ0) is 13.8. The molecule has 0 amide bonds. The number of nitro groups is 1. The van der Waals surface area contributed by atoms with Crippen molar-refractivity contribution < 1.29 is 14.1 Å². The smallest absolute Gasteiger partial charge is 0.311 e. The van der Waals surface area contributed by atoms with E-state index in [0.717, 1.165) is 0 Å². The molecule has 0 fully saturated rings. The van der Waals surface area contributed by atoms with Crippen LogP contribution in [-0.2, 0) is 0 Å². The SMILES string of the molecule is COc1ccc(-c2nnc(N=[N+]=[N-])o2)cc1[N+](=O)[O-]. The molecule has 0 aliphatic heterocycles. The Bertz CT molecular complexity index is 675. The highest BCUT2D eigenvalue weighted by Crippen LogP contribution is 2.32. The zero-order valence-electron chi connectivity index (χ0n) is 9.55. The molecular weight excluding hydrogens is 256 g/mol. The summed E-state index contributed by atoms with van der Waals surface area (Å²) < 4.78 is 9.88. The minimum atomic E-state index is -0.590. The molecular formula is C9H6N6O4. The molecule has 1 aromatic heterocycles. The van der Waals surface area contributed by atoms with Crippen LogP contribution in [0.1, 0.15) is 0 Å². The molecule has 10 nitrogen and oxygen atoms in total. The number of azide groups is 1. The highest BCUT2D eigenvalue weighted by molar-refractivity contribution is 5.62. The van der Waals surface area contributed by atoms with Crippen molar-refractivity contribution in [3.05, 3.63) is 38.8 Å². The third-order valence-electron chi connectivity index (χ3n) is 2.17. The number of nitrogens with zero attached hydrogens (tertiary/aromatic N) is 6. The van der Waals surface area contributed by atoms with Crippen LogP contribution in [0.2, 0.25) is 0 Å². The largest absolute Gasteiger partial charge is 0.490 e. The van der Waals surface area contributed by atoms with Crippen LogP contribution in [0.25, 0.3) is 21.9 Å². The summed E-state index contributed by atoms with van der Waals surface area (Å²) in [6, 6.07) is 3.88. The molecule has 0 unspecified atom stereocenters. The number of aromatic nitrogens is 2. The quantitative estimate of drug-likeness (QED) is 0.272. The van der Waals surface area contributed by atoms with Gasteiger partial charge >= 0.3 is 11.7 Å². The van der Waals surface area contributed by atoms with Crippen molar-refractivity contribution >= 4 is 11.7 Å². The van der Waals surface area contributed by atoms with Crippen molar-refractivity contribution in [2.45, 2.75) is 0 Å². The van der Waals surface area contributed by atoms with Gasteiger partial charge in [-0.05, 0) is 17.7 Å². The van der Waals surface area contributed by atoms with Gasteiger partial charge in [0.1, 0.15) is 0 Å². The summed E-state index contributed by atoms with van der Waals surface area (Å²) in [6.45, 7) is 0. The van der Waals surface area contributed by atoms with E-state index in [1.54, 1.807) is 0 Å². The van der Waals surface area contributed by atoms with Gasteiger partial charge in [0.05, 0.1) is 12.0 Å². The Kier molecular flexibility index (Phi) is 3.26. The fourth-order valence-corrected chi connectivity index (χ4v) is 1.38. The van der Waals surface area contributed by atoms with E-state index in [4.69, 9.17) is 14.7 Å². The molecule has 0 atom stereocenters. The molecule has 0 saturated carbocycles. The molecule has 96 valence electrons. The minimum absolute atomic E-state index is 0.00755. The summed E-state index contributed by atoms with van der Waals surface area (Å²) in [7, 11) is 1.33. The van der Waals surface area contributed by atoms with Crippen molar-refractivity contribution in [3.8, 4) is 17.2 Å². The molecule has 10 heteroatoms. The lowest BCUT2D eigenvalue weighted by Crippen LogP contribution is -1.94. The fraction of sp³-hybridized carbons (Fsp3) is 0.111. The number of rotatable bonds is 4. The number of hydrogen-bond donors (Lipinski definition) is 0. The summed E-state index contributed by atoms with van der Waals surface area (Å²) in [4.78, 5) is 12.8. The zero-order valence-corrected chi connectivity index (χ0v) is 9.55. The average molecular weight is 262 g/mol. The Labute approximate surface area is 105 Å². The van der Waals surface area contributed by atoms with E-state index in [9.17, 15) is 10.1 Å². The Morgan fingerprint density at radius 1 is 1.53 bits per heavy atom. The van der Waals surface area contributed by atoms with Gasteiger partial charge in [0.25, 0.3) is 0 Å². The Balaban J connectivity index is 2.47. The summed E-state index contributed by atoms with van der Waals surface area (Å²) in [6.07, 6.45) is 0. The van der Waals surface area contributed by atoms with Crippen molar-refractivity contribution in [2.24, 2.45) is 5.11 Å². The second kappa shape index (κ2) is 5.02. The van der Waals surface area contributed by atoms with Gasteiger partial charge in [-0.3, -0.25) is 10.1 Å². The van der Waals surface area contributed by atoms with Gasteiger partial charge in [-0.15, -0.1) is 10.2 Å². The highest BCUT2D eigenvalue weighted by Gasteiger charge is 2.18. The van der Waals surface area contributed by atoms with Gasteiger partial charge in [-0.2, -0.15) is 0 Å². The molecule has 2 aromatic rings. The topological polar surface area (TPSA) is 140 Å². The Morgan fingerprint density at radius 3 is 2.95 bits per heavy atom. The van der Waals surface area contributed by atoms with E-state index in [-0.39, 0.29) is 23.3 Å². The molecule has 0 aliphatic carbocycles. The van der Waals surface area contributed by atoms with Crippen molar-refractivity contribution in [2.75, 3.05) is 7.11 Å². The summed E-state index contributed by atoms with van der Waals surface area (Å²) in [5.74, 6) is 0.122. The van der Waals surface area contributed by atoms with E-state index in [1.807, 2.05) is 0 Å². The average Bonchev–Trinajstić information content (AvgIpc) is 2.87. The first-order chi connectivity index (χ1) is 9.15. The molecule has 0 saturated heterocycles. The maximum absolute atomic E-state index is 10.9. The molecule has 0 spiro atoms. The number of benzene rings is 1. The van der Waals surface area contributed by atoms with Crippen LogP contribution in [0.3, 0.4) is 0 Å². The first kappa shape index (κ1) is 12.3. The molecule has 0 N–H and O–H groups in total. The second-order valence-corrected chi connectivity index (χ2v) is 3.22. The summed E-state index contributed by atoms with van der Waals surface area (Å²) in [5.41, 5.74) is 8.30. The van der Waals surface area contributed by atoms with Gasteiger partial charge < -0.3 is 9.15 Å². The number of nitro benzene ring substituents is 1. The Hall–Kier alpha value is -3.13. The molecule has 0 bridgehead atoms. The van der Waals surface area contributed by atoms with Crippen LogP contribution in [0.4, 0.5) is 11.7 Å². The summed E-state index contributed by atoms with van der Waals surface area (Å²) >= 11 is 0. The van der Waals surface area contributed by atoms with Crippen LogP contribution in [0, 0.1) is 10.1 Å². The lowest BCUT2D eigenvalue weighted by atomic mass is 10.2. The van der Waals surface area contributed by atoms with Crippen LogP contribution in [-0.4, -0.2) is 22.2 Å². The van der Waals surface area contributed by atoms with E-state index in [2.05, 4.69) is 20.2 Å². The van der Waals surface area contributed by atoms with Crippen LogP contribution in [0.15, 0.2) is 27.7 Å². The second-order valence-electron chi connectivity index (χ2n) is 3.22. The van der Waals surface area contributed by atoms with E-state index >= 15 is 0 Å². The van der Waals surface area contributed by atoms with E-state index < -0.39 is 4.92 Å². The third-order valence-corrected chi connectivity index (χ3v) is 2.17. The van der Waals surface area contributed by atoms with Crippen molar-refractivity contribution in [1.82, 2.24) is 10.2 Å². The van der Waals surface area contributed by atoms with Gasteiger partial charge in [-0.25, -0.2) is 0 Å². The number of ether oxygens (including phenoxy) is 1. The van der Waals surface area contributed by atoms with E-state index in [1.165, 1.54) is 25.3 Å². The van der Waals surface area contributed by atoms with Gasteiger partial charge in [-0.1, -0.05) is 0 Å². The van der Waals surface area contributed by atoms with E-state index in [0.29, 0.717) is 5.56 Å². The molecule has 1 heterocycles. The number of methoxy groups -OCH3 is 1. The summed E-state index contributed by atoms with van der Waals surface area (Å²) in [5, 5.41) is 21.1. The molecule has 0 aliphatic rings. The molecule has 1 aromatic carbocycles. The molecule has 2 rings (SSSR count). The maximum atomic E-state index is 10.9.